The van der Waals surface area contributed by atoms with E-state index in [0.29, 0.717) is 0 Å². The summed E-state index contributed by atoms with van der Waals surface area (Å²) >= 11 is 0. The third kappa shape index (κ3) is 2.04. The number of benzene rings is 1. The Morgan fingerprint density at radius 3 is 2.69 bits per heavy atom. The summed E-state index contributed by atoms with van der Waals surface area (Å²) in [6, 6.07) is 6.97. The van der Waals surface area contributed by atoms with Crippen molar-refractivity contribution in [3.8, 4) is 0 Å². The third-order valence-electron chi connectivity index (χ3n) is 1.99. The van der Waals surface area contributed by atoms with Crippen LogP contribution in [0.4, 0.5) is 0 Å². The Bertz CT molecular complexity index is 331. The lowest BCUT2D eigenvalue weighted by Gasteiger charge is -2.10. The lowest BCUT2D eigenvalue weighted by atomic mass is 9.99. The van der Waals surface area contributed by atoms with Crippen LogP contribution < -0.4 is 5.73 Å². The first-order valence-corrected chi connectivity index (χ1v) is 4.14. The molecule has 0 fully saturated rings. The van der Waals surface area contributed by atoms with E-state index in [1.807, 2.05) is 24.3 Å². The molecule has 68 valence electrons. The average Bonchev–Trinajstić information content (AvgIpc) is 2.16. The molecule has 0 saturated carbocycles. The molecule has 2 nitrogen and oxygen atoms in total. The molecule has 2 heteroatoms. The highest BCUT2D eigenvalue weighted by Gasteiger charge is 2.12. The van der Waals surface area contributed by atoms with E-state index in [2.05, 4.69) is 6.58 Å². The summed E-state index contributed by atoms with van der Waals surface area (Å²) in [5.41, 5.74) is 7.48. The zero-order valence-electron chi connectivity index (χ0n) is 7.66. The highest BCUT2D eigenvalue weighted by Crippen LogP contribution is 2.17. The number of Topliss-reactive ketones (excluding diaryl/α,β-unsaturated/α-hetero) is 1. The Hall–Kier alpha value is -1.41. The normalized spacial score (nSPS) is 12.2. The van der Waals surface area contributed by atoms with Crippen LogP contribution in [-0.2, 0) is 4.79 Å². The monoisotopic (exact) mass is 175 g/mol. The second-order valence-electron chi connectivity index (χ2n) is 2.92. The van der Waals surface area contributed by atoms with Crippen molar-refractivity contribution in [2.75, 3.05) is 0 Å². The van der Waals surface area contributed by atoms with Crippen molar-refractivity contribution in [2.45, 2.75) is 13.0 Å². The van der Waals surface area contributed by atoms with Gasteiger partial charge in [0.25, 0.3) is 0 Å². The van der Waals surface area contributed by atoms with Gasteiger partial charge in [-0.25, -0.2) is 0 Å². The molecule has 13 heavy (non-hydrogen) atoms. The molecule has 0 saturated heterocycles. The number of rotatable bonds is 3. The van der Waals surface area contributed by atoms with Crippen LogP contribution in [0.15, 0.2) is 30.8 Å². The van der Waals surface area contributed by atoms with E-state index in [9.17, 15) is 4.79 Å². The summed E-state index contributed by atoms with van der Waals surface area (Å²) in [5.74, 6) is -0.0331. The minimum Gasteiger partial charge on any atom is -0.318 e. The Labute approximate surface area is 78.1 Å². The van der Waals surface area contributed by atoms with E-state index in [-0.39, 0.29) is 5.78 Å². The van der Waals surface area contributed by atoms with Crippen LogP contribution in [0.3, 0.4) is 0 Å². The van der Waals surface area contributed by atoms with Crippen molar-refractivity contribution >= 4 is 11.9 Å². The van der Waals surface area contributed by atoms with Crippen LogP contribution in [0.1, 0.15) is 24.1 Å². The van der Waals surface area contributed by atoms with Gasteiger partial charge in [0.2, 0.25) is 0 Å². The van der Waals surface area contributed by atoms with E-state index in [4.69, 9.17) is 5.73 Å². The fourth-order valence-corrected chi connectivity index (χ4v) is 1.20. The van der Waals surface area contributed by atoms with Gasteiger partial charge in [0.05, 0.1) is 6.04 Å². The van der Waals surface area contributed by atoms with Gasteiger partial charge in [-0.15, -0.1) is 0 Å². The smallest absolute Gasteiger partial charge is 0.151 e. The summed E-state index contributed by atoms with van der Waals surface area (Å²) in [6.07, 6.45) is 1.71. The molecule has 1 unspecified atom stereocenters. The summed E-state index contributed by atoms with van der Waals surface area (Å²) in [6.45, 7) is 5.16. The standard InChI is InChI=1S/C11H13NO/c1-3-9-6-4-5-7-10(9)11(12)8(2)13/h3-7,11H,1,12H2,2H3. The Kier molecular flexibility index (Phi) is 2.98. The zero-order chi connectivity index (χ0) is 9.84. The van der Waals surface area contributed by atoms with Gasteiger partial charge < -0.3 is 5.73 Å². The van der Waals surface area contributed by atoms with Crippen LogP contribution in [0.25, 0.3) is 6.08 Å². The van der Waals surface area contributed by atoms with Crippen LogP contribution in [0, 0.1) is 0 Å². The van der Waals surface area contributed by atoms with Gasteiger partial charge in [0.15, 0.2) is 5.78 Å². The van der Waals surface area contributed by atoms with Gasteiger partial charge in [-0.05, 0) is 18.1 Å². The fourth-order valence-electron chi connectivity index (χ4n) is 1.20. The molecule has 0 aliphatic carbocycles. The molecular formula is C11H13NO. The molecule has 0 aromatic heterocycles. The van der Waals surface area contributed by atoms with Crippen LogP contribution in [0.5, 0.6) is 0 Å². The predicted molar refractivity (Wildman–Crippen MR) is 54.1 cm³/mol. The van der Waals surface area contributed by atoms with Crippen molar-refractivity contribution < 1.29 is 4.79 Å². The summed E-state index contributed by atoms with van der Waals surface area (Å²) < 4.78 is 0. The summed E-state index contributed by atoms with van der Waals surface area (Å²) in [5, 5.41) is 0. The van der Waals surface area contributed by atoms with Crippen molar-refractivity contribution in [1.82, 2.24) is 0 Å². The highest BCUT2D eigenvalue weighted by molar-refractivity contribution is 5.83. The van der Waals surface area contributed by atoms with Gasteiger partial charge in [-0.1, -0.05) is 36.9 Å². The lowest BCUT2D eigenvalue weighted by Crippen LogP contribution is -2.19. The average molecular weight is 175 g/mol. The van der Waals surface area contributed by atoms with E-state index in [1.165, 1.54) is 6.92 Å². The van der Waals surface area contributed by atoms with Crippen molar-refractivity contribution in [3.63, 3.8) is 0 Å². The maximum absolute atomic E-state index is 11.1. The predicted octanol–water partition coefficient (Wildman–Crippen LogP) is 1.92. The first-order chi connectivity index (χ1) is 6.16. The Morgan fingerprint density at radius 2 is 2.15 bits per heavy atom. The summed E-state index contributed by atoms with van der Waals surface area (Å²) in [4.78, 5) is 11.1. The second-order valence-corrected chi connectivity index (χ2v) is 2.92. The van der Waals surface area contributed by atoms with E-state index in [1.54, 1.807) is 6.08 Å². The summed E-state index contributed by atoms with van der Waals surface area (Å²) in [7, 11) is 0. The van der Waals surface area contributed by atoms with Gasteiger partial charge in [0.1, 0.15) is 0 Å². The molecule has 2 N–H and O–H groups in total. The molecular weight excluding hydrogens is 162 g/mol. The number of hydrogen-bond donors (Lipinski definition) is 1. The number of nitrogens with two attached hydrogens (primary N) is 1. The molecule has 0 amide bonds. The fraction of sp³-hybridized carbons (Fsp3) is 0.182. The molecule has 1 aromatic rings. The minimum absolute atomic E-state index is 0.0331. The van der Waals surface area contributed by atoms with Crippen molar-refractivity contribution in [1.29, 1.82) is 0 Å². The molecule has 0 aliphatic heterocycles. The Balaban J connectivity index is 3.12. The zero-order valence-corrected chi connectivity index (χ0v) is 7.66. The minimum atomic E-state index is -0.533. The molecule has 1 aromatic carbocycles. The molecule has 1 rings (SSSR count). The first-order valence-electron chi connectivity index (χ1n) is 4.14. The maximum Gasteiger partial charge on any atom is 0.151 e. The van der Waals surface area contributed by atoms with Crippen LogP contribution >= 0.6 is 0 Å². The van der Waals surface area contributed by atoms with Gasteiger partial charge in [-0.3, -0.25) is 4.79 Å². The SMILES string of the molecule is C=Cc1ccccc1C(N)C(C)=O. The van der Waals surface area contributed by atoms with Gasteiger partial charge >= 0.3 is 0 Å². The highest BCUT2D eigenvalue weighted by atomic mass is 16.1. The first kappa shape index (κ1) is 9.68. The second kappa shape index (κ2) is 4.01. The molecule has 0 radical (unpaired) electrons. The van der Waals surface area contributed by atoms with E-state index in [0.717, 1.165) is 11.1 Å². The number of carbonyl (C=O) groups is 1. The van der Waals surface area contributed by atoms with Gasteiger partial charge in [-0.2, -0.15) is 0 Å². The quantitative estimate of drug-likeness (QED) is 0.762. The molecule has 0 spiro atoms. The number of hydrogen-bond acceptors (Lipinski definition) is 2. The lowest BCUT2D eigenvalue weighted by molar-refractivity contribution is -0.118. The topological polar surface area (TPSA) is 43.1 Å². The van der Waals surface area contributed by atoms with Gasteiger partial charge in [0, 0.05) is 0 Å². The molecule has 1 atom stereocenters. The maximum atomic E-state index is 11.1. The molecule has 0 heterocycles. The van der Waals surface area contributed by atoms with Crippen LogP contribution in [-0.4, -0.2) is 5.78 Å². The number of carbonyl (C=O) groups excluding carboxylic acids is 1. The largest absolute Gasteiger partial charge is 0.318 e. The third-order valence-corrected chi connectivity index (χ3v) is 1.99. The van der Waals surface area contributed by atoms with Crippen LogP contribution in [0.2, 0.25) is 0 Å². The van der Waals surface area contributed by atoms with Crippen molar-refractivity contribution in [2.24, 2.45) is 5.73 Å². The molecule has 0 bridgehead atoms. The van der Waals surface area contributed by atoms with E-state index < -0.39 is 6.04 Å². The van der Waals surface area contributed by atoms with Crippen molar-refractivity contribution in [3.05, 3.63) is 42.0 Å². The Morgan fingerprint density at radius 1 is 1.54 bits per heavy atom. The number of ketones is 1. The molecule has 0 aliphatic rings. The van der Waals surface area contributed by atoms with E-state index >= 15 is 0 Å².